The minimum absolute atomic E-state index is 0.0131. The number of alkyl halides is 4. The Balaban J connectivity index is 2.35. The lowest BCUT2D eigenvalue weighted by atomic mass is 10.0. The molecule has 2 atom stereocenters. The van der Waals surface area contributed by atoms with E-state index >= 15 is 0 Å². The Morgan fingerprint density at radius 1 is 1.22 bits per heavy atom. The molecular weight excluding hydrogens is 358 g/mol. The molecule has 0 radical (unpaired) electrons. The predicted molar refractivity (Wildman–Crippen MR) is 77.7 cm³/mol. The van der Waals surface area contributed by atoms with E-state index in [1.807, 2.05) is 0 Å². The van der Waals surface area contributed by atoms with Gasteiger partial charge in [0.1, 0.15) is 5.75 Å². The summed E-state index contributed by atoms with van der Waals surface area (Å²) in [5.41, 5.74) is 0.0336. The van der Waals surface area contributed by atoms with Crippen LogP contribution in [0, 0.1) is 0 Å². The summed E-state index contributed by atoms with van der Waals surface area (Å²) >= 11 is 5.93. The number of aromatic nitrogens is 1. The van der Waals surface area contributed by atoms with Gasteiger partial charge in [-0.1, -0.05) is 23.7 Å². The van der Waals surface area contributed by atoms with Crippen molar-refractivity contribution in [3.8, 4) is 5.75 Å². The lowest BCUT2D eigenvalue weighted by Crippen LogP contribution is -2.17. The second kappa shape index (κ2) is 6.84. The van der Waals surface area contributed by atoms with E-state index in [2.05, 4.69) is 9.72 Å². The van der Waals surface area contributed by atoms with E-state index < -0.39 is 29.1 Å². The van der Waals surface area contributed by atoms with E-state index in [1.54, 1.807) is 0 Å². The maximum absolute atomic E-state index is 14.7. The molecule has 0 aliphatic rings. The number of hydrogen-bond acceptors (Lipinski definition) is 3. The number of hydrogen-bond donors (Lipinski definition) is 0. The van der Waals surface area contributed by atoms with E-state index in [9.17, 15) is 21.8 Å². The summed E-state index contributed by atoms with van der Waals surface area (Å²) in [5.74, 6) is -0.464. The van der Waals surface area contributed by atoms with Crippen LogP contribution in [0.5, 0.6) is 5.75 Å². The molecule has 0 aliphatic carbocycles. The molecular formula is C14H10ClF4NO2S. The molecule has 0 amide bonds. The van der Waals surface area contributed by atoms with Crippen molar-refractivity contribution >= 4 is 22.4 Å². The van der Waals surface area contributed by atoms with Gasteiger partial charge in [-0.2, -0.15) is 0 Å². The molecule has 2 unspecified atom stereocenters. The first-order chi connectivity index (χ1) is 10.7. The van der Waals surface area contributed by atoms with Crippen molar-refractivity contribution in [3.63, 3.8) is 0 Å². The zero-order chi connectivity index (χ0) is 17.2. The Morgan fingerprint density at radius 2 is 1.83 bits per heavy atom. The number of nitrogens with zero attached hydrogens (tertiary/aromatic N) is 1. The van der Waals surface area contributed by atoms with Crippen LogP contribution in [-0.2, 0) is 10.8 Å². The smallest absolute Gasteiger partial charge is 0.406 e. The molecule has 124 valence electrons. The summed E-state index contributed by atoms with van der Waals surface area (Å²) in [5, 5.41) is -0.0131. The fraction of sp³-hybridized carbons (Fsp3) is 0.214. The monoisotopic (exact) mass is 367 g/mol. The SMILES string of the molecule is CS(=O)c1cncc(Cl)c1C(F)c1ccc(OC(F)(F)F)cc1. The van der Waals surface area contributed by atoms with Crippen LogP contribution < -0.4 is 4.74 Å². The third-order valence-corrected chi connectivity index (χ3v) is 4.12. The van der Waals surface area contributed by atoms with Gasteiger partial charge >= 0.3 is 6.36 Å². The summed E-state index contributed by atoms with van der Waals surface area (Å²) in [7, 11) is -1.52. The molecule has 1 aromatic heterocycles. The van der Waals surface area contributed by atoms with Crippen molar-refractivity contribution in [2.75, 3.05) is 6.26 Å². The Labute approximate surface area is 136 Å². The molecule has 0 saturated carbocycles. The fourth-order valence-electron chi connectivity index (χ4n) is 1.91. The molecule has 2 aromatic rings. The highest BCUT2D eigenvalue weighted by Gasteiger charge is 2.31. The van der Waals surface area contributed by atoms with Gasteiger partial charge in [-0.15, -0.1) is 13.2 Å². The minimum atomic E-state index is -4.82. The maximum Gasteiger partial charge on any atom is 0.573 e. The third kappa shape index (κ3) is 4.42. The van der Waals surface area contributed by atoms with Gasteiger partial charge in [-0.05, 0) is 17.7 Å². The molecule has 0 spiro atoms. The largest absolute Gasteiger partial charge is 0.573 e. The fourth-order valence-corrected chi connectivity index (χ4v) is 2.95. The molecule has 3 nitrogen and oxygen atoms in total. The van der Waals surface area contributed by atoms with Crippen molar-refractivity contribution in [3.05, 3.63) is 52.8 Å². The van der Waals surface area contributed by atoms with E-state index in [0.29, 0.717) is 0 Å². The van der Waals surface area contributed by atoms with Gasteiger partial charge in [0.25, 0.3) is 0 Å². The lowest BCUT2D eigenvalue weighted by Gasteiger charge is -2.15. The summed E-state index contributed by atoms with van der Waals surface area (Å²) in [4.78, 5) is 3.89. The van der Waals surface area contributed by atoms with Crippen LogP contribution in [0.25, 0.3) is 0 Å². The molecule has 0 bridgehead atoms. The minimum Gasteiger partial charge on any atom is -0.406 e. The number of halogens is 5. The topological polar surface area (TPSA) is 39.2 Å². The quantitative estimate of drug-likeness (QED) is 0.750. The second-order valence-electron chi connectivity index (χ2n) is 4.47. The summed E-state index contributed by atoms with van der Waals surface area (Å²) in [6.45, 7) is 0. The first-order valence-corrected chi connectivity index (χ1v) is 8.09. The highest BCUT2D eigenvalue weighted by atomic mass is 35.5. The number of ether oxygens (including phenoxy) is 1. The highest BCUT2D eigenvalue weighted by molar-refractivity contribution is 7.84. The molecule has 0 saturated heterocycles. The maximum atomic E-state index is 14.7. The van der Waals surface area contributed by atoms with Gasteiger partial charge in [0.05, 0.1) is 20.7 Å². The Morgan fingerprint density at radius 3 is 2.35 bits per heavy atom. The number of benzene rings is 1. The van der Waals surface area contributed by atoms with E-state index in [4.69, 9.17) is 11.6 Å². The molecule has 1 aromatic carbocycles. The van der Waals surface area contributed by atoms with Crippen molar-refractivity contribution in [2.24, 2.45) is 0 Å². The van der Waals surface area contributed by atoms with Gasteiger partial charge in [0.15, 0.2) is 6.17 Å². The van der Waals surface area contributed by atoms with Gasteiger partial charge in [-0.25, -0.2) is 4.39 Å². The number of pyridine rings is 1. The van der Waals surface area contributed by atoms with Gasteiger partial charge in [0, 0.05) is 24.2 Å². The molecule has 1 heterocycles. The van der Waals surface area contributed by atoms with Crippen LogP contribution in [0.15, 0.2) is 41.6 Å². The zero-order valence-corrected chi connectivity index (χ0v) is 13.2. The van der Waals surface area contributed by atoms with Crippen molar-refractivity contribution in [2.45, 2.75) is 17.4 Å². The Hall–Kier alpha value is -1.67. The van der Waals surface area contributed by atoms with Crippen LogP contribution in [0.4, 0.5) is 17.6 Å². The molecule has 0 fully saturated rings. The van der Waals surface area contributed by atoms with Crippen LogP contribution in [0.1, 0.15) is 17.3 Å². The van der Waals surface area contributed by atoms with Gasteiger partial charge in [0.2, 0.25) is 0 Å². The van der Waals surface area contributed by atoms with Crippen LogP contribution in [-0.4, -0.2) is 21.8 Å². The highest BCUT2D eigenvalue weighted by Crippen LogP contribution is 2.35. The Bertz CT molecular complexity index is 722. The first kappa shape index (κ1) is 17.7. The third-order valence-electron chi connectivity index (χ3n) is 2.87. The number of rotatable bonds is 4. The zero-order valence-electron chi connectivity index (χ0n) is 11.6. The summed E-state index contributed by atoms with van der Waals surface area (Å²) in [6, 6.07) is 4.27. The molecule has 9 heteroatoms. The Kier molecular flexibility index (Phi) is 5.26. The molecule has 0 aliphatic heterocycles. The van der Waals surface area contributed by atoms with E-state index in [1.165, 1.54) is 18.6 Å². The molecule has 2 rings (SSSR count). The van der Waals surface area contributed by atoms with Gasteiger partial charge in [-0.3, -0.25) is 9.19 Å². The van der Waals surface area contributed by atoms with E-state index in [-0.39, 0.29) is 21.0 Å². The second-order valence-corrected chi connectivity index (χ2v) is 6.22. The molecule has 23 heavy (non-hydrogen) atoms. The average Bonchev–Trinajstić information content (AvgIpc) is 2.45. The average molecular weight is 368 g/mol. The summed E-state index contributed by atoms with van der Waals surface area (Å²) < 4.78 is 66.4. The normalized spacial score (nSPS) is 14.3. The van der Waals surface area contributed by atoms with Crippen molar-refractivity contribution in [1.29, 1.82) is 0 Å². The van der Waals surface area contributed by atoms with Crippen LogP contribution >= 0.6 is 11.6 Å². The first-order valence-electron chi connectivity index (χ1n) is 6.15. The van der Waals surface area contributed by atoms with Crippen LogP contribution in [0.3, 0.4) is 0 Å². The summed E-state index contributed by atoms with van der Waals surface area (Å²) in [6.07, 6.45) is -2.78. The standard InChI is InChI=1S/C14H10ClF4NO2S/c1-23(21)11-7-20-6-10(15)12(11)13(16)8-2-4-9(5-3-8)22-14(17,18)19/h2-7,13H,1H3. The predicted octanol–water partition coefficient (Wildman–Crippen LogP) is 4.43. The lowest BCUT2D eigenvalue weighted by molar-refractivity contribution is -0.274. The van der Waals surface area contributed by atoms with Crippen molar-refractivity contribution < 1.29 is 26.5 Å². The van der Waals surface area contributed by atoms with E-state index in [0.717, 1.165) is 24.3 Å². The van der Waals surface area contributed by atoms with Crippen LogP contribution in [0.2, 0.25) is 5.02 Å². The molecule has 0 N–H and O–H groups in total. The van der Waals surface area contributed by atoms with Crippen molar-refractivity contribution in [1.82, 2.24) is 4.98 Å². The van der Waals surface area contributed by atoms with Gasteiger partial charge < -0.3 is 4.74 Å².